The number of carbonyl (C=O) groups excluding carboxylic acids is 1. The van der Waals surface area contributed by atoms with Crippen LogP contribution in [-0.4, -0.2) is 37.4 Å². The van der Waals surface area contributed by atoms with E-state index in [0.29, 0.717) is 12.5 Å². The Kier molecular flexibility index (Phi) is 6.44. The van der Waals surface area contributed by atoms with E-state index < -0.39 is 0 Å². The third-order valence-electron chi connectivity index (χ3n) is 4.48. The molecule has 126 valence electrons. The molecule has 0 heterocycles. The predicted molar refractivity (Wildman–Crippen MR) is 93.9 cm³/mol. The van der Waals surface area contributed by atoms with Crippen molar-refractivity contribution in [1.29, 1.82) is 0 Å². The molecule has 0 radical (unpaired) electrons. The maximum Gasteiger partial charge on any atom is 0.220 e. The third-order valence-corrected chi connectivity index (χ3v) is 4.48. The van der Waals surface area contributed by atoms with E-state index in [4.69, 9.17) is 5.73 Å². The van der Waals surface area contributed by atoms with Gasteiger partial charge >= 0.3 is 0 Å². The lowest BCUT2D eigenvalue weighted by Crippen LogP contribution is -2.40. The van der Waals surface area contributed by atoms with Crippen LogP contribution < -0.4 is 11.1 Å². The van der Waals surface area contributed by atoms with Gasteiger partial charge < -0.3 is 16.0 Å². The fraction of sp³-hybridized carbons (Fsp3) is 0.556. The second kappa shape index (κ2) is 8.56. The Balaban J connectivity index is 1.82. The standard InChI is InChI=1S/C18H28N4O/c1-22(2)18(20-12-14-6-4-3-5-7-14)21-13-15-8-10-16(11-9-15)17(19)23/h3-7,15-16H,8-13H2,1-2H3,(H2,19,23)(H,20,21). The largest absolute Gasteiger partial charge is 0.369 e. The fourth-order valence-electron chi connectivity index (χ4n) is 2.99. The molecule has 1 fully saturated rings. The number of hydrogen-bond donors (Lipinski definition) is 2. The number of hydrogen-bond acceptors (Lipinski definition) is 2. The summed E-state index contributed by atoms with van der Waals surface area (Å²) in [5.41, 5.74) is 6.59. The van der Waals surface area contributed by atoms with Crippen LogP contribution in [-0.2, 0) is 11.3 Å². The third kappa shape index (κ3) is 5.58. The number of guanidine groups is 1. The van der Waals surface area contributed by atoms with Crippen molar-refractivity contribution in [2.24, 2.45) is 22.6 Å². The molecular weight excluding hydrogens is 288 g/mol. The number of aliphatic imine (C=N–C) groups is 1. The first-order valence-electron chi connectivity index (χ1n) is 8.35. The molecule has 5 nitrogen and oxygen atoms in total. The molecule has 0 aliphatic heterocycles. The molecule has 3 N–H and O–H groups in total. The Morgan fingerprint density at radius 2 is 1.87 bits per heavy atom. The maximum absolute atomic E-state index is 11.2. The van der Waals surface area contributed by atoms with Gasteiger partial charge in [0, 0.05) is 26.6 Å². The molecule has 0 aromatic heterocycles. The molecule has 0 atom stereocenters. The Hall–Kier alpha value is -2.04. The Labute approximate surface area is 139 Å². The van der Waals surface area contributed by atoms with Gasteiger partial charge in [0.25, 0.3) is 0 Å². The van der Waals surface area contributed by atoms with Crippen LogP contribution in [0.1, 0.15) is 31.2 Å². The number of amides is 1. The molecule has 1 amide bonds. The van der Waals surface area contributed by atoms with Gasteiger partial charge in [0.15, 0.2) is 5.96 Å². The summed E-state index contributed by atoms with van der Waals surface area (Å²) >= 11 is 0. The molecule has 0 unspecified atom stereocenters. The highest BCUT2D eigenvalue weighted by Gasteiger charge is 2.24. The van der Waals surface area contributed by atoms with Gasteiger partial charge in [-0.25, -0.2) is 4.99 Å². The maximum atomic E-state index is 11.2. The van der Waals surface area contributed by atoms with E-state index in [-0.39, 0.29) is 11.8 Å². The van der Waals surface area contributed by atoms with E-state index in [2.05, 4.69) is 22.4 Å². The molecule has 0 bridgehead atoms. The van der Waals surface area contributed by atoms with Crippen LogP contribution in [0.25, 0.3) is 0 Å². The van der Waals surface area contributed by atoms with Crippen LogP contribution in [0.4, 0.5) is 0 Å². The summed E-state index contributed by atoms with van der Waals surface area (Å²) in [6.07, 6.45) is 3.94. The average molecular weight is 316 g/mol. The van der Waals surface area contributed by atoms with E-state index in [1.54, 1.807) is 0 Å². The highest BCUT2D eigenvalue weighted by atomic mass is 16.1. The molecule has 2 rings (SSSR count). The average Bonchev–Trinajstić information content (AvgIpc) is 2.56. The minimum Gasteiger partial charge on any atom is -0.369 e. The van der Waals surface area contributed by atoms with Crippen molar-refractivity contribution in [1.82, 2.24) is 10.2 Å². The van der Waals surface area contributed by atoms with Crippen LogP contribution in [0.15, 0.2) is 35.3 Å². The first-order valence-corrected chi connectivity index (χ1v) is 8.35. The molecule has 1 aliphatic rings. The lowest BCUT2D eigenvalue weighted by Gasteiger charge is -2.28. The zero-order chi connectivity index (χ0) is 16.7. The monoisotopic (exact) mass is 316 g/mol. The van der Waals surface area contributed by atoms with Crippen LogP contribution in [0, 0.1) is 11.8 Å². The van der Waals surface area contributed by atoms with Gasteiger partial charge in [-0.3, -0.25) is 4.79 Å². The van der Waals surface area contributed by atoms with Crippen LogP contribution in [0.3, 0.4) is 0 Å². The van der Waals surface area contributed by atoms with E-state index >= 15 is 0 Å². The minimum absolute atomic E-state index is 0.0753. The van der Waals surface area contributed by atoms with Gasteiger partial charge in [-0.05, 0) is 37.2 Å². The number of nitrogens with zero attached hydrogens (tertiary/aromatic N) is 2. The molecular formula is C18H28N4O. The van der Waals surface area contributed by atoms with E-state index in [0.717, 1.165) is 38.2 Å². The number of carbonyl (C=O) groups is 1. The normalized spacial score (nSPS) is 21.7. The summed E-state index contributed by atoms with van der Waals surface area (Å²) in [5, 5.41) is 3.46. The van der Waals surface area contributed by atoms with Crippen molar-refractivity contribution >= 4 is 11.9 Å². The van der Waals surface area contributed by atoms with Crippen molar-refractivity contribution < 1.29 is 4.79 Å². The summed E-state index contributed by atoms with van der Waals surface area (Å²) in [4.78, 5) is 17.9. The number of nitrogens with one attached hydrogen (secondary N) is 1. The second-order valence-corrected chi connectivity index (χ2v) is 6.52. The Morgan fingerprint density at radius 3 is 2.43 bits per heavy atom. The van der Waals surface area contributed by atoms with Crippen molar-refractivity contribution in [3.05, 3.63) is 35.9 Å². The van der Waals surface area contributed by atoms with Crippen molar-refractivity contribution in [3.8, 4) is 0 Å². The van der Waals surface area contributed by atoms with Crippen LogP contribution >= 0.6 is 0 Å². The number of primary amides is 1. The predicted octanol–water partition coefficient (Wildman–Crippen LogP) is 1.99. The highest BCUT2D eigenvalue weighted by molar-refractivity contribution is 5.79. The molecule has 0 saturated heterocycles. The summed E-state index contributed by atoms with van der Waals surface area (Å²) in [6, 6.07) is 10.3. The van der Waals surface area contributed by atoms with Gasteiger partial charge in [0.05, 0.1) is 6.54 Å². The zero-order valence-electron chi connectivity index (χ0n) is 14.2. The summed E-state index contributed by atoms with van der Waals surface area (Å²) in [6.45, 7) is 1.58. The Morgan fingerprint density at radius 1 is 1.22 bits per heavy atom. The summed E-state index contributed by atoms with van der Waals surface area (Å²) in [7, 11) is 4.00. The van der Waals surface area contributed by atoms with Gasteiger partial charge in [-0.15, -0.1) is 0 Å². The molecule has 1 aromatic rings. The fourth-order valence-corrected chi connectivity index (χ4v) is 2.99. The minimum atomic E-state index is -0.144. The quantitative estimate of drug-likeness (QED) is 0.644. The van der Waals surface area contributed by atoms with Crippen molar-refractivity contribution in [2.75, 3.05) is 20.6 Å². The van der Waals surface area contributed by atoms with E-state index in [9.17, 15) is 4.79 Å². The highest BCUT2D eigenvalue weighted by Crippen LogP contribution is 2.28. The van der Waals surface area contributed by atoms with E-state index in [1.807, 2.05) is 37.2 Å². The lowest BCUT2D eigenvalue weighted by atomic mass is 9.82. The smallest absolute Gasteiger partial charge is 0.220 e. The first-order chi connectivity index (χ1) is 11.1. The second-order valence-electron chi connectivity index (χ2n) is 6.52. The number of rotatable bonds is 5. The lowest BCUT2D eigenvalue weighted by molar-refractivity contribution is -0.122. The first kappa shape index (κ1) is 17.3. The summed E-state index contributed by atoms with van der Waals surface area (Å²) in [5.74, 6) is 1.43. The van der Waals surface area contributed by atoms with Gasteiger partial charge in [0.2, 0.25) is 5.91 Å². The molecule has 1 saturated carbocycles. The molecule has 0 spiro atoms. The van der Waals surface area contributed by atoms with Crippen LogP contribution in [0.5, 0.6) is 0 Å². The molecule has 23 heavy (non-hydrogen) atoms. The van der Waals surface area contributed by atoms with Gasteiger partial charge in [0.1, 0.15) is 0 Å². The van der Waals surface area contributed by atoms with Crippen molar-refractivity contribution in [3.63, 3.8) is 0 Å². The molecule has 1 aromatic carbocycles. The number of nitrogens with two attached hydrogens (primary N) is 1. The number of benzene rings is 1. The summed E-state index contributed by atoms with van der Waals surface area (Å²) < 4.78 is 0. The van der Waals surface area contributed by atoms with Gasteiger partial charge in [-0.1, -0.05) is 30.3 Å². The molecule has 1 aliphatic carbocycles. The molecule has 5 heteroatoms. The zero-order valence-corrected chi connectivity index (χ0v) is 14.2. The topological polar surface area (TPSA) is 70.7 Å². The SMILES string of the molecule is CN(C)C(=NCc1ccccc1)NCC1CCC(C(N)=O)CC1. The van der Waals surface area contributed by atoms with E-state index in [1.165, 1.54) is 5.56 Å². The van der Waals surface area contributed by atoms with Crippen molar-refractivity contribution in [2.45, 2.75) is 32.2 Å². The van der Waals surface area contributed by atoms with Crippen LogP contribution in [0.2, 0.25) is 0 Å². The Bertz CT molecular complexity index is 519. The van der Waals surface area contributed by atoms with Gasteiger partial charge in [-0.2, -0.15) is 0 Å².